The van der Waals surface area contributed by atoms with Crippen LogP contribution in [0, 0.1) is 0 Å². The molecule has 0 heterocycles. The smallest absolute Gasteiger partial charge is 0.0159 e. The minimum absolute atomic E-state index is 1.09. The van der Waals surface area contributed by atoms with Crippen LogP contribution in [0.15, 0.2) is 0 Å². The van der Waals surface area contributed by atoms with Crippen molar-refractivity contribution in [2.75, 3.05) is 37.0 Å². The third-order valence-corrected chi connectivity index (χ3v) is 2.84. The third kappa shape index (κ3) is 8.70. The molecular weight excluding hydrogens is 222 g/mol. The Hall–Kier alpha value is 0.790. The molecule has 0 aromatic heterocycles. The van der Waals surface area contributed by atoms with E-state index in [0.717, 1.165) is 11.9 Å². The Bertz CT molecular complexity index is 80.5. The highest BCUT2D eigenvalue weighted by Gasteiger charge is 1.95. The van der Waals surface area contributed by atoms with E-state index in [9.17, 15) is 0 Å². The van der Waals surface area contributed by atoms with Gasteiger partial charge in [0.05, 0.1) is 0 Å². The van der Waals surface area contributed by atoms with Crippen molar-refractivity contribution in [1.29, 1.82) is 0 Å². The quantitative estimate of drug-likeness (QED) is 0.496. The molecule has 0 fully saturated rings. The first-order valence-electron chi connectivity index (χ1n) is 4.13. The molecule has 0 aliphatic carbocycles. The lowest BCUT2D eigenvalue weighted by molar-refractivity contribution is 0.358. The minimum Gasteiger partial charge on any atom is -0.306 e. The average molecular weight is 240 g/mol. The average Bonchev–Trinajstić information content (AvgIpc) is 1.99. The zero-order chi connectivity index (χ0) is 8.53. The molecule has 0 spiro atoms. The van der Waals surface area contributed by atoms with Gasteiger partial charge < -0.3 is 4.90 Å². The highest BCUT2D eigenvalue weighted by atomic mass is 79.9. The lowest BCUT2D eigenvalue weighted by atomic mass is 10.4. The number of nitrogens with zero attached hydrogens (tertiary/aromatic N) is 1. The molecule has 0 N–H and O–H groups in total. The van der Waals surface area contributed by atoms with Crippen molar-refractivity contribution in [2.24, 2.45) is 0 Å². The third-order valence-electron chi connectivity index (χ3n) is 1.50. The van der Waals surface area contributed by atoms with Crippen LogP contribution in [0.2, 0.25) is 0 Å². The van der Waals surface area contributed by atoms with E-state index in [2.05, 4.69) is 34.8 Å². The molecule has 1 nitrogen and oxygen atoms in total. The first-order valence-corrected chi connectivity index (χ1v) is 6.41. The van der Waals surface area contributed by atoms with E-state index in [1.807, 2.05) is 11.8 Å². The Morgan fingerprint density at radius 2 is 2.09 bits per heavy atom. The fraction of sp³-hybridized carbons (Fsp3) is 1.00. The molecule has 0 rings (SSSR count). The summed E-state index contributed by atoms with van der Waals surface area (Å²) < 4.78 is 0. The summed E-state index contributed by atoms with van der Waals surface area (Å²) in [5.74, 6) is 2.56. The molecule has 68 valence electrons. The van der Waals surface area contributed by atoms with Gasteiger partial charge in [-0.3, -0.25) is 0 Å². The number of hydrogen-bond donors (Lipinski definition) is 0. The summed E-state index contributed by atoms with van der Waals surface area (Å²) in [5.41, 5.74) is 0. The van der Waals surface area contributed by atoms with Gasteiger partial charge in [-0.2, -0.15) is 11.8 Å². The van der Waals surface area contributed by atoms with Gasteiger partial charge in [0.1, 0.15) is 0 Å². The lowest BCUT2D eigenvalue weighted by Crippen LogP contribution is -2.22. The number of hydrogen-bond acceptors (Lipinski definition) is 2. The maximum atomic E-state index is 3.43. The van der Waals surface area contributed by atoms with Crippen LogP contribution in [0.5, 0.6) is 0 Å². The van der Waals surface area contributed by atoms with E-state index in [0.29, 0.717) is 0 Å². The molecule has 0 saturated carbocycles. The molecule has 11 heavy (non-hydrogen) atoms. The standard InChI is InChI=1S/C8H18BrNS/c1-3-11-8-4-6-10(2)7-5-9/h3-8H2,1-2H3. The van der Waals surface area contributed by atoms with E-state index < -0.39 is 0 Å². The molecule has 0 atom stereocenters. The monoisotopic (exact) mass is 239 g/mol. The second kappa shape index (κ2) is 8.88. The number of thioether (sulfide) groups is 1. The van der Waals surface area contributed by atoms with E-state index >= 15 is 0 Å². The molecule has 0 aliphatic heterocycles. The largest absolute Gasteiger partial charge is 0.306 e. The van der Waals surface area contributed by atoms with Crippen LogP contribution in [-0.4, -0.2) is 41.9 Å². The molecule has 0 saturated heterocycles. The summed E-state index contributed by atoms with van der Waals surface area (Å²) in [5, 5.41) is 1.09. The normalized spacial score (nSPS) is 10.9. The van der Waals surface area contributed by atoms with E-state index in [1.165, 1.54) is 24.5 Å². The first kappa shape index (κ1) is 11.8. The molecule has 0 radical (unpaired) electrons. The van der Waals surface area contributed by atoms with Crippen LogP contribution < -0.4 is 0 Å². The van der Waals surface area contributed by atoms with Crippen LogP contribution in [0.1, 0.15) is 13.3 Å². The van der Waals surface area contributed by atoms with Crippen molar-refractivity contribution in [2.45, 2.75) is 13.3 Å². The van der Waals surface area contributed by atoms with Crippen molar-refractivity contribution >= 4 is 27.7 Å². The maximum Gasteiger partial charge on any atom is 0.0159 e. The Labute approximate surface area is 83.0 Å². The van der Waals surface area contributed by atoms with Crippen LogP contribution in [-0.2, 0) is 0 Å². The Morgan fingerprint density at radius 3 is 2.64 bits per heavy atom. The van der Waals surface area contributed by atoms with Gasteiger partial charge in [-0.05, 0) is 31.5 Å². The second-order valence-electron chi connectivity index (χ2n) is 2.54. The molecule has 0 amide bonds. The molecular formula is C8H18BrNS. The van der Waals surface area contributed by atoms with Gasteiger partial charge in [0.15, 0.2) is 0 Å². The fourth-order valence-corrected chi connectivity index (χ4v) is 2.06. The van der Waals surface area contributed by atoms with Gasteiger partial charge in [-0.1, -0.05) is 22.9 Å². The molecule has 0 bridgehead atoms. The summed E-state index contributed by atoms with van der Waals surface area (Å²) in [4.78, 5) is 2.37. The topological polar surface area (TPSA) is 3.24 Å². The fourth-order valence-electron chi connectivity index (χ4n) is 0.837. The van der Waals surface area contributed by atoms with Crippen LogP contribution in [0.3, 0.4) is 0 Å². The molecule has 0 aliphatic rings. The van der Waals surface area contributed by atoms with Crippen molar-refractivity contribution < 1.29 is 0 Å². The Balaban J connectivity index is 2.97. The summed E-state index contributed by atoms with van der Waals surface area (Å²) in [7, 11) is 2.18. The second-order valence-corrected chi connectivity index (χ2v) is 4.73. The summed E-state index contributed by atoms with van der Waals surface area (Å²) in [6.07, 6.45) is 1.32. The number of rotatable bonds is 7. The molecule has 0 unspecified atom stereocenters. The van der Waals surface area contributed by atoms with Crippen LogP contribution in [0.25, 0.3) is 0 Å². The van der Waals surface area contributed by atoms with E-state index in [1.54, 1.807) is 0 Å². The predicted molar refractivity (Wildman–Crippen MR) is 58.9 cm³/mol. The van der Waals surface area contributed by atoms with Crippen molar-refractivity contribution in [1.82, 2.24) is 4.90 Å². The highest BCUT2D eigenvalue weighted by molar-refractivity contribution is 9.09. The molecule has 3 heteroatoms. The lowest BCUT2D eigenvalue weighted by Gasteiger charge is -2.13. The number of halogens is 1. The number of alkyl halides is 1. The van der Waals surface area contributed by atoms with Crippen molar-refractivity contribution in [3.63, 3.8) is 0 Å². The zero-order valence-electron chi connectivity index (χ0n) is 7.48. The van der Waals surface area contributed by atoms with Gasteiger partial charge in [0.2, 0.25) is 0 Å². The summed E-state index contributed by atoms with van der Waals surface area (Å²) in [6.45, 7) is 4.61. The molecule has 0 aromatic carbocycles. The van der Waals surface area contributed by atoms with Crippen LogP contribution in [0.4, 0.5) is 0 Å². The minimum atomic E-state index is 1.09. The van der Waals surface area contributed by atoms with Gasteiger partial charge in [-0.15, -0.1) is 0 Å². The van der Waals surface area contributed by atoms with Crippen LogP contribution >= 0.6 is 27.7 Å². The maximum absolute atomic E-state index is 3.43. The first-order chi connectivity index (χ1) is 5.31. The van der Waals surface area contributed by atoms with Crippen molar-refractivity contribution in [3.05, 3.63) is 0 Å². The summed E-state index contributed by atoms with van der Waals surface area (Å²) >= 11 is 5.46. The van der Waals surface area contributed by atoms with E-state index in [4.69, 9.17) is 0 Å². The van der Waals surface area contributed by atoms with Gasteiger partial charge >= 0.3 is 0 Å². The summed E-state index contributed by atoms with van der Waals surface area (Å²) in [6, 6.07) is 0. The van der Waals surface area contributed by atoms with Gasteiger partial charge in [0, 0.05) is 11.9 Å². The van der Waals surface area contributed by atoms with Crippen molar-refractivity contribution in [3.8, 4) is 0 Å². The Kier molecular flexibility index (Phi) is 9.52. The predicted octanol–water partition coefficient (Wildman–Crippen LogP) is 2.46. The zero-order valence-corrected chi connectivity index (χ0v) is 9.88. The SMILES string of the molecule is CCSCCCN(C)CCBr. The Morgan fingerprint density at radius 1 is 1.36 bits per heavy atom. The highest BCUT2D eigenvalue weighted by Crippen LogP contribution is 2.01. The molecule has 0 aromatic rings. The van der Waals surface area contributed by atoms with E-state index in [-0.39, 0.29) is 0 Å². The van der Waals surface area contributed by atoms with Gasteiger partial charge in [0.25, 0.3) is 0 Å². The van der Waals surface area contributed by atoms with Gasteiger partial charge in [-0.25, -0.2) is 0 Å².